The summed E-state index contributed by atoms with van der Waals surface area (Å²) in [7, 11) is 0. The molecule has 1 aliphatic carbocycles. The van der Waals surface area contributed by atoms with Gasteiger partial charge in [0.25, 0.3) is 0 Å². The summed E-state index contributed by atoms with van der Waals surface area (Å²) in [6.07, 6.45) is 25.8. The Morgan fingerprint density at radius 1 is 0.649 bits per heavy atom. The molecule has 0 saturated heterocycles. The third kappa shape index (κ3) is 12.5. The van der Waals surface area contributed by atoms with Gasteiger partial charge in [-0.3, -0.25) is 0 Å². The standard InChI is InChI=1S/C36H54O/c1-3-5-11-29-37-30-36-27-25-35(26-28-36)16-10-9-15-34-23-21-33(22-24-34)14-8-7-13-32-19-17-31(18-20-32)12-6-4-2/h6,12,21-28,31-32H,3-5,7-11,13-20,29-30H2,1-2H3. The van der Waals surface area contributed by atoms with Crippen LogP contribution in [0.15, 0.2) is 60.7 Å². The minimum atomic E-state index is 0.748. The van der Waals surface area contributed by atoms with Crippen LogP contribution in [0.1, 0.15) is 120 Å². The van der Waals surface area contributed by atoms with Crippen molar-refractivity contribution < 1.29 is 4.74 Å². The predicted molar refractivity (Wildman–Crippen MR) is 161 cm³/mol. The summed E-state index contributed by atoms with van der Waals surface area (Å²) in [6, 6.07) is 18.6. The van der Waals surface area contributed by atoms with Gasteiger partial charge in [-0.25, -0.2) is 0 Å². The largest absolute Gasteiger partial charge is 0.377 e. The lowest BCUT2D eigenvalue weighted by atomic mass is 9.79. The van der Waals surface area contributed by atoms with E-state index in [1.807, 2.05) is 0 Å². The number of hydrogen-bond acceptors (Lipinski definition) is 1. The summed E-state index contributed by atoms with van der Waals surface area (Å²) in [5, 5.41) is 0. The zero-order valence-electron chi connectivity index (χ0n) is 24.1. The van der Waals surface area contributed by atoms with Crippen LogP contribution in [0.4, 0.5) is 0 Å². The number of ether oxygens (including phenoxy) is 1. The van der Waals surface area contributed by atoms with Crippen molar-refractivity contribution in [1.82, 2.24) is 0 Å². The van der Waals surface area contributed by atoms with Crippen molar-refractivity contribution >= 4 is 0 Å². The Labute approximate surface area is 229 Å². The summed E-state index contributed by atoms with van der Waals surface area (Å²) >= 11 is 0. The molecule has 2 aromatic carbocycles. The fraction of sp³-hybridized carbons (Fsp3) is 0.611. The molecule has 0 aromatic heterocycles. The van der Waals surface area contributed by atoms with E-state index in [0.29, 0.717) is 0 Å². The molecule has 1 heteroatoms. The first-order chi connectivity index (χ1) is 18.3. The van der Waals surface area contributed by atoms with Gasteiger partial charge in [-0.05, 0) is 111 Å². The number of rotatable bonds is 18. The maximum absolute atomic E-state index is 5.78. The van der Waals surface area contributed by atoms with Crippen LogP contribution >= 0.6 is 0 Å². The van der Waals surface area contributed by atoms with Gasteiger partial charge in [0.1, 0.15) is 0 Å². The molecule has 3 rings (SSSR count). The lowest BCUT2D eigenvalue weighted by Gasteiger charge is -2.26. The highest BCUT2D eigenvalue weighted by Crippen LogP contribution is 2.32. The molecule has 0 unspecified atom stereocenters. The lowest BCUT2D eigenvalue weighted by molar-refractivity contribution is 0.117. The Morgan fingerprint density at radius 2 is 1.19 bits per heavy atom. The Balaban J connectivity index is 1.22. The van der Waals surface area contributed by atoms with Gasteiger partial charge in [0.2, 0.25) is 0 Å². The van der Waals surface area contributed by atoms with Crippen molar-refractivity contribution in [1.29, 1.82) is 0 Å². The molecule has 0 spiro atoms. The number of hydrogen-bond donors (Lipinski definition) is 0. The van der Waals surface area contributed by atoms with Gasteiger partial charge in [-0.1, -0.05) is 100 Å². The van der Waals surface area contributed by atoms with E-state index < -0.39 is 0 Å². The van der Waals surface area contributed by atoms with E-state index in [2.05, 4.69) is 74.5 Å². The highest BCUT2D eigenvalue weighted by molar-refractivity contribution is 5.23. The Kier molecular flexibility index (Phi) is 14.8. The molecular weight excluding hydrogens is 448 g/mol. The fourth-order valence-corrected chi connectivity index (χ4v) is 5.74. The first kappa shape index (κ1) is 29.7. The van der Waals surface area contributed by atoms with Gasteiger partial charge >= 0.3 is 0 Å². The van der Waals surface area contributed by atoms with Crippen molar-refractivity contribution in [3.63, 3.8) is 0 Å². The summed E-state index contributed by atoms with van der Waals surface area (Å²) in [5.74, 6) is 1.85. The van der Waals surface area contributed by atoms with E-state index in [1.54, 1.807) is 0 Å². The molecule has 2 aromatic rings. The maximum atomic E-state index is 5.78. The van der Waals surface area contributed by atoms with Gasteiger partial charge in [0, 0.05) is 6.61 Å². The molecular formula is C36H54O. The minimum absolute atomic E-state index is 0.748. The van der Waals surface area contributed by atoms with Gasteiger partial charge in [0.05, 0.1) is 6.61 Å². The second-order valence-corrected chi connectivity index (χ2v) is 11.5. The molecule has 1 saturated carbocycles. The molecule has 0 N–H and O–H groups in total. The number of aryl methyl sites for hydroxylation is 3. The number of benzene rings is 2. The van der Waals surface area contributed by atoms with Gasteiger partial charge in [-0.15, -0.1) is 0 Å². The number of allylic oxidation sites excluding steroid dienone is 2. The molecule has 0 bridgehead atoms. The Hall–Kier alpha value is -1.86. The van der Waals surface area contributed by atoms with Crippen molar-refractivity contribution in [2.75, 3.05) is 6.61 Å². The van der Waals surface area contributed by atoms with Crippen molar-refractivity contribution in [2.45, 2.75) is 123 Å². The topological polar surface area (TPSA) is 9.23 Å². The average Bonchev–Trinajstić information content (AvgIpc) is 2.94. The van der Waals surface area contributed by atoms with E-state index in [0.717, 1.165) is 25.0 Å². The van der Waals surface area contributed by atoms with Crippen LogP contribution < -0.4 is 0 Å². The normalized spacial score (nSPS) is 18.0. The second-order valence-electron chi connectivity index (χ2n) is 11.5. The van der Waals surface area contributed by atoms with Crippen LogP contribution in [0.3, 0.4) is 0 Å². The van der Waals surface area contributed by atoms with E-state index in [9.17, 15) is 0 Å². The Bertz CT molecular complexity index is 839. The highest BCUT2D eigenvalue weighted by atomic mass is 16.5. The molecule has 1 fully saturated rings. The Morgan fingerprint density at radius 3 is 1.73 bits per heavy atom. The molecule has 0 aliphatic heterocycles. The van der Waals surface area contributed by atoms with E-state index >= 15 is 0 Å². The fourth-order valence-electron chi connectivity index (χ4n) is 5.74. The van der Waals surface area contributed by atoms with E-state index in [1.165, 1.54) is 125 Å². The van der Waals surface area contributed by atoms with Crippen LogP contribution in [-0.2, 0) is 30.6 Å². The number of unbranched alkanes of at least 4 members (excludes halogenated alkanes) is 4. The van der Waals surface area contributed by atoms with Gasteiger partial charge in [-0.2, -0.15) is 0 Å². The third-order valence-corrected chi connectivity index (χ3v) is 8.25. The van der Waals surface area contributed by atoms with Crippen LogP contribution in [0.5, 0.6) is 0 Å². The molecule has 0 heterocycles. The summed E-state index contributed by atoms with van der Waals surface area (Å²) in [4.78, 5) is 0. The lowest BCUT2D eigenvalue weighted by Crippen LogP contribution is -2.13. The second kappa shape index (κ2) is 18.4. The maximum Gasteiger partial charge on any atom is 0.0716 e. The zero-order chi connectivity index (χ0) is 26.0. The van der Waals surface area contributed by atoms with Crippen molar-refractivity contribution in [2.24, 2.45) is 11.8 Å². The first-order valence-electron chi connectivity index (χ1n) is 15.7. The average molecular weight is 503 g/mol. The molecule has 1 aliphatic rings. The minimum Gasteiger partial charge on any atom is -0.377 e. The summed E-state index contributed by atoms with van der Waals surface area (Å²) < 4.78 is 5.78. The predicted octanol–water partition coefficient (Wildman–Crippen LogP) is 10.4. The van der Waals surface area contributed by atoms with Crippen LogP contribution in [0.2, 0.25) is 0 Å². The molecule has 1 nitrogen and oxygen atoms in total. The summed E-state index contributed by atoms with van der Waals surface area (Å²) in [5.41, 5.74) is 5.76. The summed E-state index contributed by atoms with van der Waals surface area (Å²) in [6.45, 7) is 6.10. The smallest absolute Gasteiger partial charge is 0.0716 e. The third-order valence-electron chi connectivity index (χ3n) is 8.25. The highest BCUT2D eigenvalue weighted by Gasteiger charge is 2.18. The monoisotopic (exact) mass is 502 g/mol. The van der Waals surface area contributed by atoms with Crippen LogP contribution in [-0.4, -0.2) is 6.61 Å². The van der Waals surface area contributed by atoms with Gasteiger partial charge < -0.3 is 4.74 Å². The molecule has 0 atom stereocenters. The van der Waals surface area contributed by atoms with Crippen LogP contribution in [0, 0.1) is 11.8 Å². The van der Waals surface area contributed by atoms with E-state index in [4.69, 9.17) is 4.74 Å². The van der Waals surface area contributed by atoms with Crippen molar-refractivity contribution in [3.05, 3.63) is 82.9 Å². The van der Waals surface area contributed by atoms with Gasteiger partial charge in [0.15, 0.2) is 0 Å². The SMILES string of the molecule is CCC=CC1CCC(CCCCc2ccc(CCCCc3ccc(COCCCCC)cc3)cc2)CC1. The van der Waals surface area contributed by atoms with Crippen LogP contribution in [0.25, 0.3) is 0 Å². The first-order valence-corrected chi connectivity index (χ1v) is 15.7. The molecule has 204 valence electrons. The molecule has 0 radical (unpaired) electrons. The van der Waals surface area contributed by atoms with Crippen molar-refractivity contribution in [3.8, 4) is 0 Å². The quantitative estimate of drug-likeness (QED) is 0.145. The van der Waals surface area contributed by atoms with E-state index in [-0.39, 0.29) is 0 Å². The molecule has 37 heavy (non-hydrogen) atoms. The molecule has 0 amide bonds. The zero-order valence-corrected chi connectivity index (χ0v) is 24.1.